The number of carbonyl (C=O) groups excluding carboxylic acids is 1. The first-order valence-corrected chi connectivity index (χ1v) is 7.88. The Balaban J connectivity index is 1.87. The van der Waals surface area contributed by atoms with Crippen LogP contribution in [0.2, 0.25) is 5.02 Å². The number of nitrogens with one attached hydrogen (secondary N) is 2. The highest BCUT2D eigenvalue weighted by Crippen LogP contribution is 2.27. The van der Waals surface area contributed by atoms with E-state index in [1.165, 1.54) is 0 Å². The summed E-state index contributed by atoms with van der Waals surface area (Å²) in [5, 5.41) is 6.07. The van der Waals surface area contributed by atoms with Crippen molar-refractivity contribution in [2.45, 2.75) is 6.42 Å². The van der Waals surface area contributed by atoms with Crippen LogP contribution in [-0.2, 0) is 6.42 Å². The molecule has 0 atom stereocenters. The monoisotopic (exact) mass is 382 g/mol. The van der Waals surface area contributed by atoms with Crippen LogP contribution in [0.3, 0.4) is 0 Å². The van der Waals surface area contributed by atoms with Crippen molar-refractivity contribution in [2.75, 3.05) is 19.0 Å². The third kappa shape index (κ3) is 4.93. The Morgan fingerprint density at radius 3 is 2.82 bits per heavy atom. The Hall–Kier alpha value is -1.72. The van der Waals surface area contributed by atoms with Gasteiger partial charge in [-0.1, -0.05) is 39.7 Å². The van der Waals surface area contributed by atoms with E-state index < -0.39 is 0 Å². The van der Waals surface area contributed by atoms with Gasteiger partial charge in [0.15, 0.2) is 0 Å². The van der Waals surface area contributed by atoms with E-state index in [1.54, 1.807) is 25.3 Å². The van der Waals surface area contributed by atoms with E-state index in [9.17, 15) is 4.79 Å². The molecule has 4 nitrogen and oxygen atoms in total. The lowest BCUT2D eigenvalue weighted by molar-refractivity contribution is 0.252. The summed E-state index contributed by atoms with van der Waals surface area (Å²) in [6, 6.07) is 12.7. The van der Waals surface area contributed by atoms with Crippen molar-refractivity contribution in [3.05, 3.63) is 57.5 Å². The van der Waals surface area contributed by atoms with E-state index in [0.29, 0.717) is 23.0 Å². The summed E-state index contributed by atoms with van der Waals surface area (Å²) in [4.78, 5) is 11.9. The number of benzene rings is 2. The second-order valence-corrected chi connectivity index (χ2v) is 5.96. The maximum Gasteiger partial charge on any atom is 0.319 e. The molecule has 0 bridgehead atoms. The molecule has 0 heterocycles. The molecule has 0 saturated heterocycles. The largest absolute Gasteiger partial charge is 0.495 e. The predicted octanol–water partition coefficient (Wildman–Crippen LogP) is 4.48. The molecule has 6 heteroatoms. The maximum atomic E-state index is 11.9. The molecule has 0 radical (unpaired) electrons. The van der Waals surface area contributed by atoms with Gasteiger partial charge in [0, 0.05) is 16.0 Å². The molecule has 0 aliphatic heterocycles. The van der Waals surface area contributed by atoms with Gasteiger partial charge in [-0.15, -0.1) is 0 Å². The topological polar surface area (TPSA) is 50.4 Å². The number of halogens is 2. The van der Waals surface area contributed by atoms with Gasteiger partial charge in [-0.3, -0.25) is 0 Å². The van der Waals surface area contributed by atoms with Gasteiger partial charge in [0.2, 0.25) is 0 Å². The van der Waals surface area contributed by atoms with Gasteiger partial charge in [0.05, 0.1) is 12.8 Å². The molecule has 22 heavy (non-hydrogen) atoms. The van der Waals surface area contributed by atoms with Gasteiger partial charge in [0.1, 0.15) is 5.75 Å². The van der Waals surface area contributed by atoms with Gasteiger partial charge in [-0.25, -0.2) is 4.79 Å². The lowest BCUT2D eigenvalue weighted by Crippen LogP contribution is -2.30. The Labute approximate surface area is 142 Å². The maximum absolute atomic E-state index is 11.9. The van der Waals surface area contributed by atoms with Gasteiger partial charge < -0.3 is 15.4 Å². The molecule has 0 unspecified atom stereocenters. The van der Waals surface area contributed by atoms with Crippen molar-refractivity contribution in [1.82, 2.24) is 5.32 Å². The highest BCUT2D eigenvalue weighted by molar-refractivity contribution is 9.10. The van der Waals surface area contributed by atoms with E-state index in [0.717, 1.165) is 16.5 Å². The third-order valence-corrected chi connectivity index (χ3v) is 3.73. The summed E-state index contributed by atoms with van der Waals surface area (Å²) < 4.78 is 6.21. The van der Waals surface area contributed by atoms with Gasteiger partial charge >= 0.3 is 6.03 Å². The minimum atomic E-state index is -0.296. The second-order valence-electron chi connectivity index (χ2n) is 4.61. The Bertz CT molecular complexity index is 664. The SMILES string of the molecule is COc1ccc(Cl)cc1NC(=O)NCCc1cccc(Br)c1. The van der Waals surface area contributed by atoms with Crippen LogP contribution in [0.1, 0.15) is 5.56 Å². The number of rotatable bonds is 5. The van der Waals surface area contributed by atoms with Crippen molar-refractivity contribution < 1.29 is 9.53 Å². The van der Waals surface area contributed by atoms with Crippen molar-refractivity contribution >= 4 is 39.2 Å². The number of anilines is 1. The zero-order chi connectivity index (χ0) is 15.9. The minimum absolute atomic E-state index is 0.296. The molecule has 0 aliphatic rings. The zero-order valence-electron chi connectivity index (χ0n) is 12.0. The van der Waals surface area contributed by atoms with Gasteiger partial charge in [0.25, 0.3) is 0 Å². The van der Waals surface area contributed by atoms with Crippen LogP contribution >= 0.6 is 27.5 Å². The van der Waals surface area contributed by atoms with Crippen LogP contribution in [0.5, 0.6) is 5.75 Å². The minimum Gasteiger partial charge on any atom is -0.495 e. The van der Waals surface area contributed by atoms with E-state index >= 15 is 0 Å². The fourth-order valence-corrected chi connectivity index (χ4v) is 2.58. The number of methoxy groups -OCH3 is 1. The van der Waals surface area contributed by atoms with Crippen LogP contribution in [0.4, 0.5) is 10.5 Å². The standard InChI is InChI=1S/C16H16BrClN2O2/c1-22-15-6-5-13(18)10-14(15)20-16(21)19-8-7-11-3-2-4-12(17)9-11/h2-6,9-10H,7-8H2,1H3,(H2,19,20,21). The van der Waals surface area contributed by atoms with Crippen molar-refractivity contribution in [3.63, 3.8) is 0 Å². The summed E-state index contributed by atoms with van der Waals surface area (Å²) in [5.41, 5.74) is 1.69. The van der Waals surface area contributed by atoms with Crippen LogP contribution in [0, 0.1) is 0 Å². The smallest absolute Gasteiger partial charge is 0.319 e. The fourth-order valence-electron chi connectivity index (χ4n) is 1.96. The van der Waals surface area contributed by atoms with Gasteiger partial charge in [-0.05, 0) is 42.3 Å². The molecule has 2 amide bonds. The van der Waals surface area contributed by atoms with Crippen LogP contribution in [0.15, 0.2) is 46.9 Å². The summed E-state index contributed by atoms with van der Waals surface area (Å²) >= 11 is 9.35. The summed E-state index contributed by atoms with van der Waals surface area (Å²) in [6.07, 6.45) is 0.750. The molecule has 0 fully saturated rings. The highest BCUT2D eigenvalue weighted by atomic mass is 79.9. The molecule has 0 aromatic heterocycles. The van der Waals surface area contributed by atoms with Crippen LogP contribution in [0.25, 0.3) is 0 Å². The number of urea groups is 1. The Kier molecular flexibility index (Phi) is 6.10. The Morgan fingerprint density at radius 2 is 2.09 bits per heavy atom. The predicted molar refractivity (Wildman–Crippen MR) is 92.9 cm³/mol. The number of carbonyl (C=O) groups is 1. The van der Waals surface area contributed by atoms with Crippen LogP contribution < -0.4 is 15.4 Å². The van der Waals surface area contributed by atoms with Crippen molar-refractivity contribution in [1.29, 1.82) is 0 Å². The molecule has 0 spiro atoms. The second kappa shape index (κ2) is 8.06. The Morgan fingerprint density at radius 1 is 1.27 bits per heavy atom. The lowest BCUT2D eigenvalue weighted by Gasteiger charge is -2.11. The average molecular weight is 384 g/mol. The van der Waals surface area contributed by atoms with Crippen LogP contribution in [-0.4, -0.2) is 19.7 Å². The van der Waals surface area contributed by atoms with Crippen molar-refractivity contribution in [2.24, 2.45) is 0 Å². The molecular formula is C16H16BrClN2O2. The average Bonchev–Trinajstić information content (AvgIpc) is 2.47. The first-order valence-electron chi connectivity index (χ1n) is 6.71. The summed E-state index contributed by atoms with van der Waals surface area (Å²) in [5.74, 6) is 0.562. The quantitative estimate of drug-likeness (QED) is 0.800. The third-order valence-electron chi connectivity index (χ3n) is 3.00. The summed E-state index contributed by atoms with van der Waals surface area (Å²) in [6.45, 7) is 0.533. The zero-order valence-corrected chi connectivity index (χ0v) is 14.4. The molecule has 2 rings (SSSR count). The molecule has 2 N–H and O–H groups in total. The van der Waals surface area contributed by atoms with E-state index in [-0.39, 0.29) is 6.03 Å². The first-order chi connectivity index (χ1) is 10.6. The van der Waals surface area contributed by atoms with E-state index in [1.807, 2.05) is 24.3 Å². The summed E-state index contributed by atoms with van der Waals surface area (Å²) in [7, 11) is 1.54. The fraction of sp³-hybridized carbons (Fsp3) is 0.188. The number of ether oxygens (including phenoxy) is 1. The normalized spacial score (nSPS) is 10.1. The molecule has 0 saturated carbocycles. The lowest BCUT2D eigenvalue weighted by atomic mass is 10.1. The van der Waals surface area contributed by atoms with Crippen molar-refractivity contribution in [3.8, 4) is 5.75 Å². The first kappa shape index (κ1) is 16.6. The molecular weight excluding hydrogens is 368 g/mol. The number of amides is 2. The molecule has 2 aromatic carbocycles. The van der Waals surface area contributed by atoms with E-state index in [4.69, 9.17) is 16.3 Å². The number of hydrogen-bond donors (Lipinski definition) is 2. The molecule has 0 aliphatic carbocycles. The molecule has 116 valence electrons. The highest BCUT2D eigenvalue weighted by Gasteiger charge is 2.07. The number of hydrogen-bond acceptors (Lipinski definition) is 2. The molecule has 2 aromatic rings. The van der Waals surface area contributed by atoms with Gasteiger partial charge in [-0.2, -0.15) is 0 Å². The van der Waals surface area contributed by atoms with E-state index in [2.05, 4.69) is 26.6 Å².